The Labute approximate surface area is 130 Å². The molecule has 1 aromatic rings. The molecule has 2 aliphatic rings. The molecule has 116 valence electrons. The summed E-state index contributed by atoms with van der Waals surface area (Å²) in [5.74, 6) is 1.53. The molecule has 0 aromatic heterocycles. The summed E-state index contributed by atoms with van der Waals surface area (Å²) < 4.78 is 17.0. The molecule has 0 amide bonds. The lowest BCUT2D eigenvalue weighted by atomic mass is 9.98. The highest BCUT2D eigenvalue weighted by Crippen LogP contribution is 2.39. The zero-order chi connectivity index (χ0) is 14.7. The molecule has 0 bridgehead atoms. The van der Waals surface area contributed by atoms with Crippen LogP contribution in [0.15, 0.2) is 12.1 Å². The van der Waals surface area contributed by atoms with Crippen LogP contribution in [-0.4, -0.2) is 32.5 Å². The van der Waals surface area contributed by atoms with Crippen molar-refractivity contribution in [1.82, 2.24) is 5.32 Å². The second kappa shape index (κ2) is 6.86. The average molecular weight is 312 g/mol. The van der Waals surface area contributed by atoms with Gasteiger partial charge >= 0.3 is 0 Å². The van der Waals surface area contributed by atoms with E-state index in [4.69, 9.17) is 25.8 Å². The lowest BCUT2D eigenvalue weighted by molar-refractivity contribution is 0.0946. The van der Waals surface area contributed by atoms with Crippen LogP contribution in [0.5, 0.6) is 11.5 Å². The second-order valence-electron chi connectivity index (χ2n) is 5.50. The Kier molecular flexibility index (Phi) is 4.88. The number of halogens is 1. The van der Waals surface area contributed by atoms with Gasteiger partial charge < -0.3 is 19.5 Å². The van der Waals surface area contributed by atoms with E-state index < -0.39 is 0 Å². The summed E-state index contributed by atoms with van der Waals surface area (Å²) in [5, 5.41) is 4.24. The van der Waals surface area contributed by atoms with Gasteiger partial charge in [0.05, 0.1) is 6.10 Å². The average Bonchev–Trinajstić information content (AvgIpc) is 2.99. The van der Waals surface area contributed by atoms with Crippen molar-refractivity contribution in [2.24, 2.45) is 0 Å². The van der Waals surface area contributed by atoms with Gasteiger partial charge in [-0.3, -0.25) is 0 Å². The number of benzene rings is 1. The third-order valence-corrected chi connectivity index (χ3v) is 4.34. The van der Waals surface area contributed by atoms with Crippen molar-refractivity contribution in [3.8, 4) is 11.5 Å². The van der Waals surface area contributed by atoms with Crippen molar-refractivity contribution in [3.05, 3.63) is 22.7 Å². The van der Waals surface area contributed by atoms with Gasteiger partial charge in [0.2, 0.25) is 0 Å². The molecule has 0 radical (unpaired) electrons. The summed E-state index contributed by atoms with van der Waals surface area (Å²) in [7, 11) is 0. The summed E-state index contributed by atoms with van der Waals surface area (Å²) in [6, 6.07) is 4.06. The molecule has 21 heavy (non-hydrogen) atoms. The molecule has 0 aliphatic carbocycles. The molecule has 0 saturated carbocycles. The SMILES string of the molecule is CCNC(CC1CCCO1)c1cc2c(cc1Cl)OCCO2. The Morgan fingerprint density at radius 2 is 2.00 bits per heavy atom. The number of rotatable bonds is 5. The van der Waals surface area contributed by atoms with Crippen LogP contribution >= 0.6 is 11.6 Å². The van der Waals surface area contributed by atoms with Crippen molar-refractivity contribution < 1.29 is 14.2 Å². The van der Waals surface area contributed by atoms with Crippen LogP contribution in [0.25, 0.3) is 0 Å². The van der Waals surface area contributed by atoms with Gasteiger partial charge in [0.1, 0.15) is 13.2 Å². The standard InChI is InChI=1S/C16H22ClNO3/c1-2-18-14(8-11-4-3-5-19-11)12-9-15-16(10-13(12)17)21-7-6-20-15/h9-11,14,18H,2-8H2,1H3. The van der Waals surface area contributed by atoms with Crippen LogP contribution < -0.4 is 14.8 Å². The van der Waals surface area contributed by atoms with Gasteiger partial charge in [-0.1, -0.05) is 18.5 Å². The number of nitrogens with one attached hydrogen (secondary N) is 1. The minimum absolute atomic E-state index is 0.182. The van der Waals surface area contributed by atoms with Crippen LogP contribution in [0, 0.1) is 0 Å². The number of hydrogen-bond donors (Lipinski definition) is 1. The molecule has 1 saturated heterocycles. The monoisotopic (exact) mass is 311 g/mol. The number of ether oxygens (including phenoxy) is 3. The van der Waals surface area contributed by atoms with E-state index in [-0.39, 0.29) is 6.04 Å². The quantitative estimate of drug-likeness (QED) is 0.905. The Morgan fingerprint density at radius 3 is 2.67 bits per heavy atom. The summed E-state index contributed by atoms with van der Waals surface area (Å²) in [5.41, 5.74) is 1.07. The first-order valence-electron chi connectivity index (χ1n) is 7.72. The van der Waals surface area contributed by atoms with Crippen LogP contribution in [0.1, 0.15) is 37.8 Å². The smallest absolute Gasteiger partial charge is 0.162 e. The van der Waals surface area contributed by atoms with E-state index in [0.29, 0.717) is 19.3 Å². The molecular weight excluding hydrogens is 290 g/mol. The second-order valence-corrected chi connectivity index (χ2v) is 5.91. The van der Waals surface area contributed by atoms with Crippen LogP contribution in [0.2, 0.25) is 5.02 Å². The van der Waals surface area contributed by atoms with Gasteiger partial charge in [-0.25, -0.2) is 0 Å². The summed E-state index contributed by atoms with van der Waals surface area (Å²) in [6.45, 7) is 5.04. The molecule has 2 aliphatic heterocycles. The van der Waals surface area contributed by atoms with Gasteiger partial charge in [0.15, 0.2) is 11.5 Å². The number of fused-ring (bicyclic) bond motifs is 1. The highest BCUT2D eigenvalue weighted by Gasteiger charge is 2.25. The largest absolute Gasteiger partial charge is 0.486 e. The zero-order valence-corrected chi connectivity index (χ0v) is 13.1. The highest BCUT2D eigenvalue weighted by atomic mass is 35.5. The van der Waals surface area contributed by atoms with E-state index >= 15 is 0 Å². The summed E-state index contributed by atoms with van der Waals surface area (Å²) in [4.78, 5) is 0. The fourth-order valence-electron chi connectivity index (χ4n) is 3.01. The first-order valence-corrected chi connectivity index (χ1v) is 8.09. The minimum Gasteiger partial charge on any atom is -0.486 e. The van der Waals surface area contributed by atoms with Gasteiger partial charge in [-0.05, 0) is 37.4 Å². The van der Waals surface area contributed by atoms with Crippen LogP contribution in [0.3, 0.4) is 0 Å². The molecule has 2 heterocycles. The van der Waals surface area contributed by atoms with Gasteiger partial charge in [0.25, 0.3) is 0 Å². The Morgan fingerprint density at radius 1 is 1.24 bits per heavy atom. The van der Waals surface area contributed by atoms with Gasteiger partial charge in [0, 0.05) is 23.7 Å². The maximum Gasteiger partial charge on any atom is 0.162 e. The fourth-order valence-corrected chi connectivity index (χ4v) is 3.29. The zero-order valence-electron chi connectivity index (χ0n) is 12.4. The molecule has 1 fully saturated rings. The van der Waals surface area contributed by atoms with E-state index in [9.17, 15) is 0 Å². The first kappa shape index (κ1) is 14.9. The molecule has 5 heteroatoms. The van der Waals surface area contributed by atoms with Crippen molar-refractivity contribution in [2.45, 2.75) is 38.3 Å². The summed E-state index contributed by atoms with van der Waals surface area (Å²) in [6.07, 6.45) is 3.54. The highest BCUT2D eigenvalue weighted by molar-refractivity contribution is 6.31. The molecule has 0 spiro atoms. The topological polar surface area (TPSA) is 39.7 Å². The predicted molar refractivity (Wildman–Crippen MR) is 82.5 cm³/mol. The number of hydrogen-bond acceptors (Lipinski definition) is 4. The normalized spacial score (nSPS) is 22.3. The lowest BCUT2D eigenvalue weighted by Gasteiger charge is -2.25. The molecular formula is C16H22ClNO3. The molecule has 1 N–H and O–H groups in total. The van der Waals surface area contributed by atoms with Crippen LogP contribution in [-0.2, 0) is 4.74 Å². The van der Waals surface area contributed by atoms with Crippen molar-refractivity contribution in [1.29, 1.82) is 0 Å². The minimum atomic E-state index is 0.182. The van der Waals surface area contributed by atoms with Crippen molar-refractivity contribution in [3.63, 3.8) is 0 Å². The maximum atomic E-state index is 6.46. The maximum absolute atomic E-state index is 6.46. The Bertz CT molecular complexity index is 489. The lowest BCUT2D eigenvalue weighted by Crippen LogP contribution is -2.26. The fraction of sp³-hybridized carbons (Fsp3) is 0.625. The summed E-state index contributed by atoms with van der Waals surface area (Å²) >= 11 is 6.46. The Balaban J connectivity index is 1.83. The molecule has 1 aromatic carbocycles. The molecule has 2 atom stereocenters. The van der Waals surface area contributed by atoms with E-state index in [1.165, 1.54) is 0 Å². The van der Waals surface area contributed by atoms with E-state index in [1.54, 1.807) is 0 Å². The predicted octanol–water partition coefficient (Wildman–Crippen LogP) is 3.33. The Hall–Kier alpha value is -0.970. The van der Waals surface area contributed by atoms with E-state index in [0.717, 1.165) is 54.5 Å². The van der Waals surface area contributed by atoms with Crippen LogP contribution in [0.4, 0.5) is 0 Å². The third-order valence-electron chi connectivity index (χ3n) is 4.01. The molecule has 3 rings (SSSR count). The first-order chi connectivity index (χ1) is 10.3. The van der Waals surface area contributed by atoms with E-state index in [1.807, 2.05) is 12.1 Å². The third kappa shape index (κ3) is 3.44. The van der Waals surface area contributed by atoms with Gasteiger partial charge in [-0.15, -0.1) is 0 Å². The van der Waals surface area contributed by atoms with E-state index in [2.05, 4.69) is 12.2 Å². The molecule has 2 unspecified atom stereocenters. The van der Waals surface area contributed by atoms with Gasteiger partial charge in [-0.2, -0.15) is 0 Å². The molecule has 4 nitrogen and oxygen atoms in total. The van der Waals surface area contributed by atoms with Crippen molar-refractivity contribution in [2.75, 3.05) is 26.4 Å². The van der Waals surface area contributed by atoms with Crippen molar-refractivity contribution >= 4 is 11.6 Å².